The topological polar surface area (TPSA) is 172 Å². The molecule has 3 atom stereocenters. The van der Waals surface area contributed by atoms with Crippen molar-refractivity contribution in [3.63, 3.8) is 0 Å². The molecular weight excluding hydrogens is 1040 g/mol. The van der Waals surface area contributed by atoms with Gasteiger partial charge in [0.2, 0.25) is 0 Å². The first-order valence-electron chi connectivity index (χ1n) is 16.8. The number of alkyl halides is 26. The number of phosphoric acid groups is 1. The van der Waals surface area contributed by atoms with Gasteiger partial charge in [-0.1, -0.05) is 0 Å². The van der Waals surface area contributed by atoms with Crippen LogP contribution in [-0.2, 0) is 37.5 Å². The van der Waals surface area contributed by atoms with Crippen LogP contribution in [-0.4, -0.2) is 131 Å². The number of carboxylic acid groups (broad SMARTS) is 1. The van der Waals surface area contributed by atoms with Crippen LogP contribution in [0.5, 0.6) is 0 Å². The normalized spacial score (nSPS) is 16.7. The lowest BCUT2D eigenvalue weighted by molar-refractivity contribution is -0.440. The van der Waals surface area contributed by atoms with Gasteiger partial charge >= 0.3 is 97.3 Å². The number of carbonyl (C=O) groups excluding carboxylic acids is 2. The molecule has 392 valence electrons. The molecule has 11 nitrogen and oxygen atoms in total. The summed E-state index contributed by atoms with van der Waals surface area (Å²) in [5.41, 5.74) is 4.99. The fraction of sp³-hybridized carbons (Fsp3) is 0.893. The van der Waals surface area contributed by atoms with Crippen molar-refractivity contribution in [3.05, 3.63) is 0 Å². The zero-order valence-electron chi connectivity index (χ0n) is 31.4. The minimum atomic E-state index is -8.22. The van der Waals surface area contributed by atoms with Crippen LogP contribution in [0.3, 0.4) is 0 Å². The van der Waals surface area contributed by atoms with Gasteiger partial charge in [-0.25, -0.2) is 4.57 Å². The molecule has 0 aromatic carbocycles. The summed E-state index contributed by atoms with van der Waals surface area (Å²) in [4.78, 5) is 44.6. The lowest BCUT2D eigenvalue weighted by Crippen LogP contribution is -2.70. The molecule has 0 aromatic heterocycles. The van der Waals surface area contributed by atoms with E-state index in [0.717, 1.165) is 0 Å². The molecule has 0 fully saturated rings. The van der Waals surface area contributed by atoms with Gasteiger partial charge in [0.05, 0.1) is 13.2 Å². The fourth-order valence-electron chi connectivity index (χ4n) is 4.23. The van der Waals surface area contributed by atoms with Gasteiger partial charge in [-0.05, 0) is 25.7 Å². The molecule has 0 radical (unpaired) electrons. The first-order valence-corrected chi connectivity index (χ1v) is 18.3. The van der Waals surface area contributed by atoms with E-state index >= 15 is 0 Å². The van der Waals surface area contributed by atoms with Crippen molar-refractivity contribution in [3.8, 4) is 0 Å². The average molecular weight is 1060 g/mol. The quantitative estimate of drug-likeness (QED) is 0.0295. The molecule has 0 saturated heterocycles. The van der Waals surface area contributed by atoms with Crippen LogP contribution in [0.2, 0.25) is 0 Å². The van der Waals surface area contributed by atoms with Crippen molar-refractivity contribution < 1.29 is 162 Å². The summed E-state index contributed by atoms with van der Waals surface area (Å²) in [6.07, 6.45) is -32.0. The number of unbranched alkanes of at least 4 members (excludes halogenated alkanes) is 2. The highest BCUT2D eigenvalue weighted by Gasteiger charge is 2.92. The van der Waals surface area contributed by atoms with Crippen molar-refractivity contribution in [2.45, 2.75) is 135 Å². The number of hydrogen-bond donors (Lipinski definition) is 3. The number of esters is 2. The predicted molar refractivity (Wildman–Crippen MR) is 157 cm³/mol. The Morgan fingerprint density at radius 1 is 0.470 bits per heavy atom. The Kier molecular flexibility index (Phi) is 19.7. The maximum absolute atomic E-state index is 14.0. The molecule has 66 heavy (non-hydrogen) atoms. The number of hydrogen-bond acceptors (Lipinski definition) is 9. The number of phosphoric ester groups is 1. The molecule has 0 aliphatic heterocycles. The van der Waals surface area contributed by atoms with E-state index in [1.54, 1.807) is 0 Å². The zero-order valence-corrected chi connectivity index (χ0v) is 32.3. The molecule has 0 aliphatic carbocycles. The van der Waals surface area contributed by atoms with E-state index in [0.29, 0.717) is 0 Å². The number of aliphatic carboxylic acids is 1. The van der Waals surface area contributed by atoms with Crippen LogP contribution in [0.15, 0.2) is 0 Å². The van der Waals surface area contributed by atoms with Crippen molar-refractivity contribution in [1.29, 1.82) is 0 Å². The molecule has 0 spiro atoms. The molecule has 0 saturated carbocycles. The zero-order chi connectivity index (χ0) is 53.0. The maximum atomic E-state index is 14.0. The number of ether oxygens (including phenoxy) is 2. The van der Waals surface area contributed by atoms with Gasteiger partial charge in [0, 0.05) is 25.7 Å². The molecule has 0 heterocycles. The van der Waals surface area contributed by atoms with Crippen molar-refractivity contribution in [2.75, 3.05) is 19.8 Å². The molecule has 4 N–H and O–H groups in total. The highest BCUT2D eigenvalue weighted by Crippen LogP contribution is 2.62. The Hall–Kier alpha value is -3.34. The van der Waals surface area contributed by atoms with E-state index in [1.807, 2.05) is 0 Å². The van der Waals surface area contributed by atoms with Crippen molar-refractivity contribution in [1.82, 2.24) is 0 Å². The van der Waals surface area contributed by atoms with E-state index < -0.39 is 181 Å². The van der Waals surface area contributed by atoms with E-state index in [4.69, 9.17) is 10.8 Å². The third kappa shape index (κ3) is 13.2. The van der Waals surface area contributed by atoms with Gasteiger partial charge in [0.1, 0.15) is 12.6 Å². The number of rotatable bonds is 28. The van der Waals surface area contributed by atoms with Gasteiger partial charge in [-0.2, -0.15) is 114 Å². The van der Waals surface area contributed by atoms with Crippen molar-refractivity contribution >= 4 is 25.7 Å². The Morgan fingerprint density at radius 3 is 1.12 bits per heavy atom. The molecule has 0 amide bonds. The van der Waals surface area contributed by atoms with Crippen LogP contribution < -0.4 is 5.73 Å². The predicted octanol–water partition coefficient (Wildman–Crippen LogP) is 9.59. The SMILES string of the molecule is NC(COP(=O)(O)OCC(COC(=O)CCCCC(F)(F)C(F)(F)C(F)(F)C(F)(F)C(F)(F)C(F)(F)F)OC(=O)CCCCC(F)(F)C(F)(F)C(F)(F)C(F)(F)C(F)(F)C(F)(F)F)C(=O)O. The van der Waals surface area contributed by atoms with E-state index in [-0.39, 0.29) is 0 Å². The highest BCUT2D eigenvalue weighted by atomic mass is 31.2. The molecule has 3 unspecified atom stereocenters. The van der Waals surface area contributed by atoms with E-state index in [2.05, 4.69) is 18.5 Å². The molecule has 0 rings (SSSR count). The minimum absolute atomic E-state index is 1.27. The van der Waals surface area contributed by atoms with Gasteiger partial charge in [0.25, 0.3) is 0 Å². The van der Waals surface area contributed by atoms with Gasteiger partial charge in [0.15, 0.2) is 6.10 Å². The smallest absolute Gasteiger partial charge is 0.472 e. The molecule has 0 bridgehead atoms. The second kappa shape index (κ2) is 20.7. The Labute approximate surface area is 348 Å². The summed E-state index contributed by atoms with van der Waals surface area (Å²) < 4.78 is 374. The first kappa shape index (κ1) is 62.7. The van der Waals surface area contributed by atoms with Crippen LogP contribution >= 0.6 is 7.82 Å². The van der Waals surface area contributed by atoms with Crippen LogP contribution in [0.4, 0.5) is 114 Å². The van der Waals surface area contributed by atoms with Crippen molar-refractivity contribution in [2.24, 2.45) is 5.73 Å². The van der Waals surface area contributed by atoms with E-state index in [9.17, 15) is 138 Å². The molecule has 0 aromatic rings. The number of halogens is 26. The minimum Gasteiger partial charge on any atom is -0.480 e. The van der Waals surface area contributed by atoms with Crippen LogP contribution in [0.25, 0.3) is 0 Å². The Bertz CT molecular complexity index is 1710. The number of carboxylic acids is 1. The maximum Gasteiger partial charge on any atom is 0.472 e. The summed E-state index contributed by atoms with van der Waals surface area (Å²) >= 11 is 0. The van der Waals surface area contributed by atoms with Gasteiger partial charge in [-0.15, -0.1) is 0 Å². The molecule has 0 aliphatic rings. The standard InChI is InChI=1S/C28H28F26NO10P/c29-17(30,19(33,34)21(37,38)23(41,42)25(45,46)27(49,50)51)7-3-1-5-14(56)62-9-12(10-63-66(60,61)64-11-13(55)16(58)59)65-15(57)6-2-4-8-18(31,32)20(35,36)22(39,40)24(43,44)26(47,48)28(52,53)54/h12-13H,1-11,55H2,(H,58,59)(H,60,61). The largest absolute Gasteiger partial charge is 0.480 e. The van der Waals surface area contributed by atoms with Gasteiger partial charge in [-0.3, -0.25) is 23.4 Å². The summed E-state index contributed by atoms with van der Waals surface area (Å²) in [5.74, 6) is -82.7. The third-order valence-corrected chi connectivity index (χ3v) is 9.08. The first-order chi connectivity index (χ1) is 28.9. The number of carbonyl (C=O) groups is 3. The monoisotopic (exact) mass is 1060 g/mol. The fourth-order valence-corrected chi connectivity index (χ4v) is 5.01. The summed E-state index contributed by atoms with van der Waals surface area (Å²) in [5, 5.41) is 8.66. The second-order valence-electron chi connectivity index (χ2n) is 13.2. The molecule has 38 heteroatoms. The highest BCUT2D eigenvalue weighted by molar-refractivity contribution is 7.47. The van der Waals surface area contributed by atoms with Crippen LogP contribution in [0, 0.1) is 0 Å². The Balaban J connectivity index is 5.88. The van der Waals surface area contributed by atoms with Crippen LogP contribution in [0.1, 0.15) is 51.4 Å². The molecular formula is C28H28F26NO10P. The summed E-state index contributed by atoms with van der Waals surface area (Å²) in [6, 6.07) is -2.04. The number of nitrogens with two attached hydrogens (primary N) is 1. The van der Waals surface area contributed by atoms with E-state index in [1.165, 1.54) is 0 Å². The summed E-state index contributed by atoms with van der Waals surface area (Å²) in [7, 11) is -5.51. The Morgan fingerprint density at radius 2 is 0.788 bits per heavy atom. The third-order valence-electron chi connectivity index (χ3n) is 8.13. The summed E-state index contributed by atoms with van der Waals surface area (Å²) in [6.45, 7) is -4.44. The lowest BCUT2D eigenvalue weighted by Gasteiger charge is -2.39. The lowest BCUT2D eigenvalue weighted by atomic mass is 9.91. The van der Waals surface area contributed by atoms with Gasteiger partial charge < -0.3 is 25.2 Å². The second-order valence-corrected chi connectivity index (χ2v) is 14.7. The average Bonchev–Trinajstić information content (AvgIpc) is 3.13.